The van der Waals surface area contributed by atoms with Crippen LogP contribution in [0.2, 0.25) is 0 Å². The Bertz CT molecular complexity index is 730. The normalized spacial score (nSPS) is 15.3. The molecule has 1 aliphatic heterocycles. The third kappa shape index (κ3) is 12.1. The van der Waals surface area contributed by atoms with Gasteiger partial charge in [-0.3, -0.25) is 14.4 Å². The van der Waals surface area contributed by atoms with Gasteiger partial charge in [-0.1, -0.05) is 13.5 Å². The van der Waals surface area contributed by atoms with Crippen LogP contribution in [-0.4, -0.2) is 93.6 Å². The van der Waals surface area contributed by atoms with E-state index in [1.54, 1.807) is 31.9 Å². The lowest BCUT2D eigenvalue weighted by molar-refractivity contribution is -0.145. The molecular weight excluding hydrogens is 466 g/mol. The van der Waals surface area contributed by atoms with E-state index in [0.29, 0.717) is 77.6 Å². The number of nitrogens with one attached hydrogen (secondary N) is 2. The molecule has 0 radical (unpaired) electrons. The molecule has 0 aromatic rings. The van der Waals surface area contributed by atoms with E-state index in [9.17, 15) is 14.4 Å². The molecule has 1 unspecified atom stereocenters. The Morgan fingerprint density at radius 2 is 1.64 bits per heavy atom. The maximum Gasteiger partial charge on any atom is 0.251 e. The highest BCUT2D eigenvalue weighted by Gasteiger charge is 2.30. The van der Waals surface area contributed by atoms with E-state index < -0.39 is 5.60 Å². The standard InChI is InChI=1S/C26H45N3O7/c1-7-26(5,33-6)12-16-36-25(3,4)24(32)28-14-18-35-20-19-34-17-13-27-22(30)9-8-15-29-21(2)10-11-23(29)31/h10-11H,2,7-9,12-20H2,1,3-6H3,(H,27,30)(H,28,32). The first-order valence-corrected chi connectivity index (χ1v) is 12.6. The lowest BCUT2D eigenvalue weighted by atomic mass is 9.99. The van der Waals surface area contributed by atoms with Crippen molar-refractivity contribution in [3.63, 3.8) is 0 Å². The molecule has 0 fully saturated rings. The summed E-state index contributed by atoms with van der Waals surface area (Å²) in [5.74, 6) is -0.368. The van der Waals surface area contributed by atoms with Gasteiger partial charge in [-0.25, -0.2) is 0 Å². The van der Waals surface area contributed by atoms with Crippen LogP contribution in [0, 0.1) is 0 Å². The zero-order valence-electron chi connectivity index (χ0n) is 22.7. The van der Waals surface area contributed by atoms with E-state index in [0.717, 1.165) is 6.42 Å². The maximum absolute atomic E-state index is 12.4. The van der Waals surface area contributed by atoms with E-state index in [4.69, 9.17) is 18.9 Å². The van der Waals surface area contributed by atoms with Gasteiger partial charge in [0.05, 0.1) is 38.6 Å². The number of methoxy groups -OCH3 is 1. The van der Waals surface area contributed by atoms with Crippen molar-refractivity contribution in [2.24, 2.45) is 0 Å². The topological polar surface area (TPSA) is 115 Å². The predicted octanol–water partition coefficient (Wildman–Crippen LogP) is 1.94. The molecule has 0 saturated heterocycles. The van der Waals surface area contributed by atoms with Crippen LogP contribution in [0.15, 0.2) is 24.4 Å². The van der Waals surface area contributed by atoms with Crippen LogP contribution >= 0.6 is 0 Å². The number of carbonyl (C=O) groups is 3. The van der Waals surface area contributed by atoms with Crippen molar-refractivity contribution < 1.29 is 33.3 Å². The summed E-state index contributed by atoms with van der Waals surface area (Å²) >= 11 is 0. The summed E-state index contributed by atoms with van der Waals surface area (Å²) in [6.45, 7) is 14.6. The van der Waals surface area contributed by atoms with Crippen LogP contribution in [-0.2, 0) is 33.3 Å². The fourth-order valence-corrected chi connectivity index (χ4v) is 3.27. The zero-order valence-corrected chi connectivity index (χ0v) is 22.7. The first-order chi connectivity index (χ1) is 17.0. The van der Waals surface area contributed by atoms with Crippen molar-refractivity contribution in [3.8, 4) is 0 Å². The first-order valence-electron chi connectivity index (χ1n) is 12.6. The number of allylic oxidation sites excluding steroid dienone is 1. The Morgan fingerprint density at radius 3 is 2.19 bits per heavy atom. The highest BCUT2D eigenvalue weighted by atomic mass is 16.5. The molecule has 2 N–H and O–H groups in total. The number of nitrogens with zero attached hydrogens (tertiary/aromatic N) is 1. The largest absolute Gasteiger partial charge is 0.378 e. The molecule has 1 aliphatic rings. The molecule has 0 saturated carbocycles. The van der Waals surface area contributed by atoms with Crippen LogP contribution < -0.4 is 10.6 Å². The van der Waals surface area contributed by atoms with Gasteiger partial charge in [-0.15, -0.1) is 0 Å². The third-order valence-corrected chi connectivity index (χ3v) is 6.17. The molecule has 1 rings (SSSR count). The molecule has 1 heterocycles. The number of rotatable bonds is 20. The molecule has 36 heavy (non-hydrogen) atoms. The first kappa shape index (κ1) is 31.8. The smallest absolute Gasteiger partial charge is 0.251 e. The monoisotopic (exact) mass is 511 g/mol. The van der Waals surface area contributed by atoms with Crippen LogP contribution in [0.3, 0.4) is 0 Å². The number of hydrogen-bond acceptors (Lipinski definition) is 7. The van der Waals surface area contributed by atoms with Crippen molar-refractivity contribution in [3.05, 3.63) is 24.4 Å². The molecule has 0 aliphatic carbocycles. The van der Waals surface area contributed by atoms with Crippen molar-refractivity contribution in [1.82, 2.24) is 15.5 Å². The molecule has 206 valence electrons. The summed E-state index contributed by atoms with van der Waals surface area (Å²) in [5, 5.41) is 5.61. The van der Waals surface area contributed by atoms with Crippen molar-refractivity contribution in [2.45, 2.75) is 64.6 Å². The van der Waals surface area contributed by atoms with Gasteiger partial charge in [0, 0.05) is 44.9 Å². The summed E-state index contributed by atoms with van der Waals surface area (Å²) in [4.78, 5) is 37.4. The summed E-state index contributed by atoms with van der Waals surface area (Å²) in [5.41, 5.74) is -0.532. The molecule has 3 amide bonds. The Balaban J connectivity index is 1.98. The second-order valence-electron chi connectivity index (χ2n) is 9.37. The molecule has 0 spiro atoms. The molecule has 10 nitrogen and oxygen atoms in total. The summed E-state index contributed by atoms with van der Waals surface area (Å²) in [6, 6.07) is 0. The van der Waals surface area contributed by atoms with Gasteiger partial charge < -0.3 is 34.5 Å². The average molecular weight is 512 g/mol. The van der Waals surface area contributed by atoms with E-state index in [2.05, 4.69) is 24.1 Å². The number of hydrogen-bond donors (Lipinski definition) is 2. The minimum absolute atomic E-state index is 0.0826. The van der Waals surface area contributed by atoms with Crippen molar-refractivity contribution >= 4 is 17.7 Å². The van der Waals surface area contributed by atoms with Gasteiger partial charge in [0.15, 0.2) is 0 Å². The number of ether oxygens (including phenoxy) is 4. The van der Waals surface area contributed by atoms with Gasteiger partial charge in [-0.05, 0) is 46.1 Å². The minimum atomic E-state index is -0.937. The summed E-state index contributed by atoms with van der Waals surface area (Å²) in [6.07, 6.45) is 5.62. The summed E-state index contributed by atoms with van der Waals surface area (Å²) in [7, 11) is 1.68. The average Bonchev–Trinajstić information content (AvgIpc) is 3.16. The quantitative estimate of drug-likeness (QED) is 0.240. The molecule has 0 bridgehead atoms. The van der Waals surface area contributed by atoms with E-state index in [1.807, 2.05) is 6.92 Å². The second kappa shape index (κ2) is 16.5. The summed E-state index contributed by atoms with van der Waals surface area (Å²) < 4.78 is 22.2. The molecule has 1 atom stereocenters. The Hall–Kier alpha value is -2.27. The van der Waals surface area contributed by atoms with Crippen LogP contribution in [0.5, 0.6) is 0 Å². The van der Waals surface area contributed by atoms with Gasteiger partial charge in [0.25, 0.3) is 11.8 Å². The maximum atomic E-state index is 12.4. The van der Waals surface area contributed by atoms with E-state index >= 15 is 0 Å². The van der Waals surface area contributed by atoms with Gasteiger partial charge in [0.1, 0.15) is 5.60 Å². The Labute approximate surface area is 215 Å². The zero-order chi connectivity index (χ0) is 27.0. The van der Waals surface area contributed by atoms with Crippen LogP contribution in [0.25, 0.3) is 0 Å². The van der Waals surface area contributed by atoms with Crippen LogP contribution in [0.4, 0.5) is 0 Å². The van der Waals surface area contributed by atoms with Crippen molar-refractivity contribution in [2.75, 3.05) is 59.8 Å². The Kier molecular flexibility index (Phi) is 14.5. The predicted molar refractivity (Wildman–Crippen MR) is 137 cm³/mol. The fraction of sp³-hybridized carbons (Fsp3) is 0.731. The van der Waals surface area contributed by atoms with Crippen molar-refractivity contribution in [1.29, 1.82) is 0 Å². The lowest BCUT2D eigenvalue weighted by Crippen LogP contribution is -2.46. The lowest BCUT2D eigenvalue weighted by Gasteiger charge is -2.29. The minimum Gasteiger partial charge on any atom is -0.378 e. The number of amides is 3. The van der Waals surface area contributed by atoms with E-state index in [-0.39, 0.29) is 23.3 Å². The van der Waals surface area contributed by atoms with Crippen LogP contribution in [0.1, 0.15) is 53.4 Å². The Morgan fingerprint density at radius 1 is 1.00 bits per heavy atom. The third-order valence-electron chi connectivity index (χ3n) is 6.17. The second-order valence-corrected chi connectivity index (χ2v) is 9.37. The molecule has 0 aromatic heterocycles. The molecule has 10 heteroatoms. The number of carbonyl (C=O) groups excluding carboxylic acids is 3. The fourth-order valence-electron chi connectivity index (χ4n) is 3.27. The molecular formula is C26H45N3O7. The van der Waals surface area contributed by atoms with E-state index in [1.165, 1.54) is 6.08 Å². The SMILES string of the molecule is C=C1C=CC(=O)N1CCCC(=O)NCCOCCOCCNC(=O)C(C)(C)OCCC(C)(CC)OC. The van der Waals surface area contributed by atoms with Gasteiger partial charge in [-0.2, -0.15) is 0 Å². The van der Waals surface area contributed by atoms with Gasteiger partial charge in [0.2, 0.25) is 5.91 Å². The van der Waals surface area contributed by atoms with Gasteiger partial charge >= 0.3 is 0 Å². The highest BCUT2D eigenvalue weighted by molar-refractivity contribution is 5.93. The highest BCUT2D eigenvalue weighted by Crippen LogP contribution is 2.20. The molecule has 0 aromatic carbocycles.